The van der Waals surface area contributed by atoms with Crippen LogP contribution in [-0.4, -0.2) is 35.4 Å². The van der Waals surface area contributed by atoms with Gasteiger partial charge >= 0.3 is 0 Å². The average Bonchev–Trinajstić information content (AvgIpc) is 1.98. The fourth-order valence-corrected chi connectivity index (χ4v) is 0.566. The molecule has 0 aliphatic heterocycles. The summed E-state index contributed by atoms with van der Waals surface area (Å²) in [5.74, 6) is -3.68. The van der Waals surface area contributed by atoms with E-state index in [9.17, 15) is 19.8 Å². The van der Waals surface area contributed by atoms with Crippen LogP contribution in [0.3, 0.4) is 0 Å². The van der Waals surface area contributed by atoms with Crippen molar-refractivity contribution in [1.29, 1.82) is 0 Å². The zero-order valence-corrected chi connectivity index (χ0v) is 5.94. The van der Waals surface area contributed by atoms with Crippen molar-refractivity contribution < 1.29 is 30.0 Å². The molecule has 0 aromatic carbocycles. The molecule has 0 bridgehead atoms. The zero-order valence-electron chi connectivity index (χ0n) is 5.94. The van der Waals surface area contributed by atoms with Crippen LogP contribution in [0.5, 0.6) is 0 Å². The third kappa shape index (κ3) is 2.33. The van der Waals surface area contributed by atoms with E-state index in [1.54, 1.807) is 0 Å². The lowest BCUT2D eigenvalue weighted by Gasteiger charge is -2.12. The van der Waals surface area contributed by atoms with Crippen molar-refractivity contribution in [1.82, 2.24) is 0 Å². The normalized spacial score (nSPS) is 12.2. The van der Waals surface area contributed by atoms with Gasteiger partial charge in [0, 0.05) is 11.1 Å². The van der Waals surface area contributed by atoms with Crippen molar-refractivity contribution in [3.05, 3.63) is 11.1 Å². The Bertz CT molecular complexity index is 204. The van der Waals surface area contributed by atoms with Gasteiger partial charge in [-0.1, -0.05) is 0 Å². The van der Waals surface area contributed by atoms with E-state index >= 15 is 0 Å². The van der Waals surface area contributed by atoms with E-state index in [4.69, 9.17) is 10.2 Å². The summed E-state index contributed by atoms with van der Waals surface area (Å²) >= 11 is 0. The van der Waals surface area contributed by atoms with Gasteiger partial charge in [0.05, 0.1) is 25.2 Å². The van der Waals surface area contributed by atoms with Crippen LogP contribution in [0.15, 0.2) is 11.1 Å². The van der Waals surface area contributed by atoms with Crippen molar-refractivity contribution in [3.63, 3.8) is 0 Å². The Labute approximate surface area is 67.4 Å². The molecule has 6 heteroatoms. The van der Waals surface area contributed by atoms with E-state index in [0.29, 0.717) is 0 Å². The summed E-state index contributed by atoms with van der Waals surface area (Å²) in [6.45, 7) is -2.04. The molecule has 0 saturated carbocycles. The summed E-state index contributed by atoms with van der Waals surface area (Å²) in [5, 5.41) is 36.9. The maximum absolute atomic E-state index is 10.1. The van der Waals surface area contributed by atoms with Crippen molar-refractivity contribution in [2.45, 2.75) is 0 Å². The summed E-state index contributed by atoms with van der Waals surface area (Å²) in [7, 11) is 0. The number of hydrogen-bond acceptors (Lipinski definition) is 6. The Morgan fingerprint density at radius 1 is 0.917 bits per heavy atom. The second-order valence-electron chi connectivity index (χ2n) is 1.85. The SMILES string of the molecule is O=C([O-])/C(CO)=C(\CO)C(=O)[O-]. The molecule has 0 heterocycles. The van der Waals surface area contributed by atoms with Crippen molar-refractivity contribution in [2.24, 2.45) is 0 Å². The van der Waals surface area contributed by atoms with Crippen LogP contribution in [0, 0.1) is 0 Å². The van der Waals surface area contributed by atoms with Crippen LogP contribution in [0.4, 0.5) is 0 Å². The number of aliphatic hydroxyl groups excluding tert-OH is 2. The highest BCUT2D eigenvalue weighted by atomic mass is 16.4. The molecule has 0 spiro atoms. The summed E-state index contributed by atoms with van der Waals surface area (Å²) in [6, 6.07) is 0. The Morgan fingerprint density at radius 2 is 1.17 bits per heavy atom. The topological polar surface area (TPSA) is 121 Å². The second-order valence-corrected chi connectivity index (χ2v) is 1.85. The van der Waals surface area contributed by atoms with Crippen molar-refractivity contribution in [3.8, 4) is 0 Å². The van der Waals surface area contributed by atoms with Gasteiger partial charge in [-0.05, 0) is 0 Å². The average molecular weight is 174 g/mol. The maximum Gasteiger partial charge on any atom is 0.0703 e. The number of rotatable bonds is 4. The standard InChI is InChI=1S/C6H8O6/c7-1-3(5(9)10)4(2-8)6(11)12/h7-8H,1-2H2,(H,9,10)(H,11,12)/p-2/b4-3+. The monoisotopic (exact) mass is 174 g/mol. The Hall–Kier alpha value is -1.40. The van der Waals surface area contributed by atoms with E-state index in [2.05, 4.69) is 0 Å². The smallest absolute Gasteiger partial charge is 0.0703 e. The van der Waals surface area contributed by atoms with Crippen LogP contribution in [0.25, 0.3) is 0 Å². The molecule has 0 aromatic heterocycles. The third-order valence-electron chi connectivity index (χ3n) is 1.17. The number of hydrogen-bond donors (Lipinski definition) is 2. The first-order valence-corrected chi connectivity index (χ1v) is 2.91. The number of carboxylic acids is 2. The number of aliphatic hydroxyl groups is 2. The molecule has 0 unspecified atom stereocenters. The minimum absolute atomic E-state index is 0.877. The molecule has 0 aliphatic rings. The van der Waals surface area contributed by atoms with Gasteiger partial charge in [-0.25, -0.2) is 0 Å². The van der Waals surface area contributed by atoms with Gasteiger partial charge in [0.25, 0.3) is 0 Å². The van der Waals surface area contributed by atoms with Gasteiger partial charge in [0.2, 0.25) is 0 Å². The Balaban J connectivity index is 5.01. The highest BCUT2D eigenvalue weighted by Gasteiger charge is 2.06. The summed E-state index contributed by atoms with van der Waals surface area (Å²) in [6.07, 6.45) is 0. The van der Waals surface area contributed by atoms with Crippen LogP contribution in [-0.2, 0) is 9.59 Å². The van der Waals surface area contributed by atoms with E-state index < -0.39 is 36.3 Å². The Kier molecular flexibility index (Phi) is 3.95. The number of carbonyl (C=O) groups excluding carboxylic acids is 2. The maximum atomic E-state index is 10.1. The zero-order chi connectivity index (χ0) is 9.72. The lowest BCUT2D eigenvalue weighted by Crippen LogP contribution is -2.34. The quantitative estimate of drug-likeness (QED) is 0.416. The predicted molar refractivity (Wildman–Crippen MR) is 31.2 cm³/mol. The molecular formula is C6H6O6-2. The van der Waals surface area contributed by atoms with E-state index in [1.165, 1.54) is 0 Å². The minimum atomic E-state index is -1.84. The number of carboxylic acid groups (broad SMARTS) is 2. The second kappa shape index (κ2) is 4.47. The van der Waals surface area contributed by atoms with Crippen molar-refractivity contribution in [2.75, 3.05) is 13.2 Å². The van der Waals surface area contributed by atoms with Gasteiger partial charge in [0.1, 0.15) is 0 Å². The summed E-state index contributed by atoms with van der Waals surface area (Å²) in [4.78, 5) is 20.2. The molecule has 0 aromatic rings. The lowest BCUT2D eigenvalue weighted by molar-refractivity contribution is -0.304. The van der Waals surface area contributed by atoms with Gasteiger partial charge in [-0.3, -0.25) is 0 Å². The fourth-order valence-electron chi connectivity index (χ4n) is 0.566. The molecule has 2 N–H and O–H groups in total. The highest BCUT2D eigenvalue weighted by molar-refractivity contribution is 5.97. The molecule has 0 fully saturated rings. The van der Waals surface area contributed by atoms with Crippen LogP contribution in [0.1, 0.15) is 0 Å². The predicted octanol–water partition coefficient (Wildman–Crippen LogP) is -4.23. The number of aliphatic carboxylic acids is 2. The molecule has 6 nitrogen and oxygen atoms in total. The van der Waals surface area contributed by atoms with Gasteiger partial charge in [-0.2, -0.15) is 0 Å². The highest BCUT2D eigenvalue weighted by Crippen LogP contribution is 2.01. The van der Waals surface area contributed by atoms with Crippen LogP contribution >= 0.6 is 0 Å². The molecule has 68 valence electrons. The minimum Gasteiger partial charge on any atom is -0.545 e. The van der Waals surface area contributed by atoms with E-state index in [1.807, 2.05) is 0 Å². The van der Waals surface area contributed by atoms with Gasteiger partial charge < -0.3 is 30.0 Å². The van der Waals surface area contributed by atoms with Crippen molar-refractivity contribution >= 4 is 11.9 Å². The molecular weight excluding hydrogens is 168 g/mol. The molecule has 12 heavy (non-hydrogen) atoms. The molecule has 0 atom stereocenters. The Morgan fingerprint density at radius 3 is 1.25 bits per heavy atom. The van der Waals surface area contributed by atoms with Crippen LogP contribution in [0.2, 0.25) is 0 Å². The lowest BCUT2D eigenvalue weighted by atomic mass is 10.1. The molecule has 0 rings (SSSR count). The summed E-state index contributed by atoms with van der Waals surface area (Å²) in [5.41, 5.74) is -1.75. The molecule has 0 saturated heterocycles. The van der Waals surface area contributed by atoms with Crippen LogP contribution < -0.4 is 10.2 Å². The molecule has 0 aliphatic carbocycles. The van der Waals surface area contributed by atoms with E-state index in [0.717, 1.165) is 0 Å². The van der Waals surface area contributed by atoms with Gasteiger partial charge in [0.15, 0.2) is 0 Å². The fraction of sp³-hybridized carbons (Fsp3) is 0.333. The summed E-state index contributed by atoms with van der Waals surface area (Å²) < 4.78 is 0. The largest absolute Gasteiger partial charge is 0.545 e. The number of carbonyl (C=O) groups is 2. The third-order valence-corrected chi connectivity index (χ3v) is 1.17. The first-order chi connectivity index (χ1) is 5.54. The molecule has 0 radical (unpaired) electrons. The molecule has 0 amide bonds. The first kappa shape index (κ1) is 10.6. The van der Waals surface area contributed by atoms with E-state index in [-0.39, 0.29) is 0 Å². The first-order valence-electron chi connectivity index (χ1n) is 2.91. The van der Waals surface area contributed by atoms with Gasteiger partial charge in [-0.15, -0.1) is 0 Å².